The Morgan fingerprint density at radius 3 is 2.33 bits per heavy atom. The van der Waals surface area contributed by atoms with E-state index < -0.39 is 0 Å². The van der Waals surface area contributed by atoms with Gasteiger partial charge in [0.2, 0.25) is 0 Å². The first-order chi connectivity index (χ1) is 11.5. The highest BCUT2D eigenvalue weighted by Gasteiger charge is 2.27. The summed E-state index contributed by atoms with van der Waals surface area (Å²) in [6.07, 6.45) is 1.84. The lowest BCUT2D eigenvalue weighted by atomic mass is 10.1. The Balaban J connectivity index is 1.79. The lowest BCUT2D eigenvalue weighted by Gasteiger charge is -2.15. The third kappa shape index (κ3) is 3.38. The molecule has 0 spiro atoms. The minimum atomic E-state index is -0.0481. The van der Waals surface area contributed by atoms with E-state index >= 15 is 0 Å². The molecule has 0 aliphatic carbocycles. The first-order valence-electron chi connectivity index (χ1n) is 7.95. The molecule has 0 aromatic heterocycles. The van der Waals surface area contributed by atoms with E-state index in [1.807, 2.05) is 86.6 Å². The number of amides is 1. The molecule has 0 atom stereocenters. The highest BCUT2D eigenvalue weighted by molar-refractivity contribution is 6.13. The number of carbonyl (C=O) groups is 1. The Kier molecular flexibility index (Phi) is 4.47. The number of hydrogen-bond acceptors (Lipinski definition) is 3. The molecule has 1 aliphatic heterocycles. The van der Waals surface area contributed by atoms with Gasteiger partial charge >= 0.3 is 0 Å². The van der Waals surface area contributed by atoms with Crippen molar-refractivity contribution in [2.75, 3.05) is 19.0 Å². The van der Waals surface area contributed by atoms with E-state index in [0.29, 0.717) is 12.2 Å². The van der Waals surface area contributed by atoms with E-state index in [1.165, 1.54) is 0 Å². The van der Waals surface area contributed by atoms with Crippen molar-refractivity contribution in [2.24, 2.45) is 4.99 Å². The smallest absolute Gasteiger partial charge is 0.278 e. The summed E-state index contributed by atoms with van der Waals surface area (Å²) in [5, 5.41) is 0. The fourth-order valence-electron chi connectivity index (χ4n) is 2.64. The Hall–Kier alpha value is -2.88. The van der Waals surface area contributed by atoms with E-state index in [0.717, 1.165) is 22.6 Å². The normalized spacial score (nSPS) is 15.8. The maximum atomic E-state index is 12.6. The largest absolute Gasteiger partial charge is 0.378 e. The van der Waals surface area contributed by atoms with Crippen LogP contribution in [0.1, 0.15) is 18.1 Å². The van der Waals surface area contributed by atoms with Gasteiger partial charge in [-0.25, -0.2) is 4.99 Å². The molecule has 3 rings (SSSR count). The van der Waals surface area contributed by atoms with Crippen LogP contribution in [0.15, 0.2) is 65.3 Å². The zero-order chi connectivity index (χ0) is 17.1. The summed E-state index contributed by atoms with van der Waals surface area (Å²) in [5.74, 6) is 0.688. The molecule has 0 N–H and O–H groups in total. The molecule has 0 radical (unpaired) electrons. The van der Waals surface area contributed by atoms with Crippen molar-refractivity contribution >= 4 is 23.5 Å². The molecule has 1 heterocycles. The van der Waals surface area contributed by atoms with Gasteiger partial charge in [0.25, 0.3) is 5.91 Å². The molecule has 4 nitrogen and oxygen atoms in total. The molecule has 0 saturated carbocycles. The predicted octanol–water partition coefficient (Wildman–Crippen LogP) is 3.55. The van der Waals surface area contributed by atoms with Crippen molar-refractivity contribution < 1.29 is 4.79 Å². The van der Waals surface area contributed by atoms with E-state index in [2.05, 4.69) is 4.99 Å². The van der Waals surface area contributed by atoms with Gasteiger partial charge in [0, 0.05) is 19.8 Å². The number of benzene rings is 2. The van der Waals surface area contributed by atoms with Crippen LogP contribution in [-0.4, -0.2) is 30.7 Å². The van der Waals surface area contributed by atoms with Crippen molar-refractivity contribution in [2.45, 2.75) is 13.5 Å². The van der Waals surface area contributed by atoms with Gasteiger partial charge < -0.3 is 4.90 Å². The van der Waals surface area contributed by atoms with Gasteiger partial charge in [-0.2, -0.15) is 0 Å². The average Bonchev–Trinajstić information content (AvgIpc) is 2.84. The second-order valence-electron chi connectivity index (χ2n) is 6.05. The summed E-state index contributed by atoms with van der Waals surface area (Å²) >= 11 is 0. The summed E-state index contributed by atoms with van der Waals surface area (Å²) in [6, 6.07) is 18.0. The van der Waals surface area contributed by atoms with E-state index in [9.17, 15) is 4.79 Å². The second-order valence-corrected chi connectivity index (χ2v) is 6.05. The summed E-state index contributed by atoms with van der Waals surface area (Å²) in [4.78, 5) is 20.8. The van der Waals surface area contributed by atoms with Gasteiger partial charge in [0.1, 0.15) is 11.5 Å². The molecule has 0 unspecified atom stereocenters. The van der Waals surface area contributed by atoms with Crippen molar-refractivity contribution in [3.05, 3.63) is 71.4 Å². The van der Waals surface area contributed by atoms with Crippen LogP contribution in [0, 0.1) is 0 Å². The molecule has 122 valence electrons. The predicted molar refractivity (Wildman–Crippen MR) is 98.8 cm³/mol. The van der Waals surface area contributed by atoms with Crippen molar-refractivity contribution in [3.63, 3.8) is 0 Å². The summed E-state index contributed by atoms with van der Waals surface area (Å²) in [7, 11) is 4.01. The van der Waals surface area contributed by atoms with Crippen LogP contribution in [0.3, 0.4) is 0 Å². The molecule has 1 amide bonds. The minimum absolute atomic E-state index is 0.0481. The van der Waals surface area contributed by atoms with Crippen molar-refractivity contribution in [3.8, 4) is 0 Å². The first-order valence-corrected chi connectivity index (χ1v) is 7.95. The molecule has 4 heteroatoms. The number of anilines is 1. The first kappa shape index (κ1) is 16.0. The second kappa shape index (κ2) is 6.71. The Morgan fingerprint density at radius 1 is 1.04 bits per heavy atom. The number of amidine groups is 1. The molecule has 2 aromatic rings. The molecule has 2 aromatic carbocycles. The van der Waals surface area contributed by atoms with Crippen LogP contribution in [-0.2, 0) is 11.3 Å². The summed E-state index contributed by atoms with van der Waals surface area (Å²) < 4.78 is 0. The monoisotopic (exact) mass is 319 g/mol. The van der Waals surface area contributed by atoms with Gasteiger partial charge in [-0.3, -0.25) is 9.69 Å². The standard InChI is InChI=1S/C20H21N3O/c1-15-21-19(13-16-9-11-18(12-10-16)22(2)3)20(24)23(15)14-17-7-5-4-6-8-17/h4-13H,14H2,1-3H3/b19-13+. The zero-order valence-electron chi connectivity index (χ0n) is 14.2. The summed E-state index contributed by atoms with van der Waals surface area (Å²) in [6.45, 7) is 2.42. The highest BCUT2D eigenvalue weighted by Crippen LogP contribution is 2.21. The number of rotatable bonds is 4. The van der Waals surface area contributed by atoms with Crippen LogP contribution >= 0.6 is 0 Å². The van der Waals surface area contributed by atoms with E-state index in [1.54, 1.807) is 4.90 Å². The maximum absolute atomic E-state index is 12.6. The Morgan fingerprint density at radius 2 is 1.71 bits per heavy atom. The number of carbonyl (C=O) groups excluding carboxylic acids is 1. The van der Waals surface area contributed by atoms with Crippen LogP contribution < -0.4 is 4.90 Å². The third-order valence-corrected chi connectivity index (χ3v) is 4.03. The van der Waals surface area contributed by atoms with Gasteiger partial charge in [-0.05, 0) is 36.3 Å². The fraction of sp³-hybridized carbons (Fsp3) is 0.200. The number of hydrogen-bond donors (Lipinski definition) is 0. The molecule has 24 heavy (non-hydrogen) atoms. The fourth-order valence-corrected chi connectivity index (χ4v) is 2.64. The quantitative estimate of drug-likeness (QED) is 0.808. The molecular weight excluding hydrogens is 298 g/mol. The number of nitrogens with zero attached hydrogens (tertiary/aromatic N) is 3. The van der Waals surface area contributed by atoms with Crippen LogP contribution in [0.4, 0.5) is 5.69 Å². The minimum Gasteiger partial charge on any atom is -0.378 e. The van der Waals surface area contributed by atoms with Crippen LogP contribution in [0.5, 0.6) is 0 Å². The van der Waals surface area contributed by atoms with Gasteiger partial charge in [-0.15, -0.1) is 0 Å². The molecule has 0 saturated heterocycles. The molecule has 1 aliphatic rings. The highest BCUT2D eigenvalue weighted by atomic mass is 16.2. The molecule has 0 bridgehead atoms. The lowest BCUT2D eigenvalue weighted by Crippen LogP contribution is -2.29. The molecule has 0 fully saturated rings. The third-order valence-electron chi connectivity index (χ3n) is 4.03. The summed E-state index contributed by atoms with van der Waals surface area (Å²) in [5.41, 5.74) is 3.68. The van der Waals surface area contributed by atoms with Crippen LogP contribution in [0.2, 0.25) is 0 Å². The van der Waals surface area contributed by atoms with Crippen molar-refractivity contribution in [1.82, 2.24) is 4.90 Å². The van der Waals surface area contributed by atoms with Gasteiger partial charge in [0.15, 0.2) is 0 Å². The number of aliphatic imine (C=N–C) groups is 1. The van der Waals surface area contributed by atoms with Crippen LogP contribution in [0.25, 0.3) is 6.08 Å². The van der Waals surface area contributed by atoms with E-state index in [4.69, 9.17) is 0 Å². The average molecular weight is 319 g/mol. The topological polar surface area (TPSA) is 35.9 Å². The van der Waals surface area contributed by atoms with Gasteiger partial charge in [0.05, 0.1) is 6.54 Å². The zero-order valence-corrected chi connectivity index (χ0v) is 14.2. The SMILES string of the molecule is CC1=N/C(=C/c2ccc(N(C)C)cc2)C(=O)N1Cc1ccccc1. The maximum Gasteiger partial charge on any atom is 0.278 e. The Bertz CT molecular complexity index is 789. The van der Waals surface area contributed by atoms with Gasteiger partial charge in [-0.1, -0.05) is 42.5 Å². The lowest BCUT2D eigenvalue weighted by molar-refractivity contribution is -0.123. The van der Waals surface area contributed by atoms with Crippen molar-refractivity contribution in [1.29, 1.82) is 0 Å². The molecular formula is C20H21N3O. The van der Waals surface area contributed by atoms with E-state index in [-0.39, 0.29) is 5.91 Å². The Labute approximate surface area is 142 Å².